The van der Waals surface area contributed by atoms with Crippen LogP contribution >= 0.6 is 0 Å². The quantitative estimate of drug-likeness (QED) is 0.826. The van der Waals surface area contributed by atoms with E-state index in [9.17, 15) is 31.1 Å². The van der Waals surface area contributed by atoms with Gasteiger partial charge in [0.15, 0.2) is 0 Å². The molecule has 0 bridgehead atoms. The summed E-state index contributed by atoms with van der Waals surface area (Å²) >= 11 is 0. The lowest BCUT2D eigenvalue weighted by Gasteiger charge is -2.17. The highest BCUT2D eigenvalue weighted by atomic mass is 32.2. The lowest BCUT2D eigenvalue weighted by molar-refractivity contribution is -0.140. The Hall–Kier alpha value is -1.19. The second kappa shape index (κ2) is 6.13. The molecule has 1 saturated carbocycles. The van der Waals surface area contributed by atoms with Gasteiger partial charge in [0.25, 0.3) is 0 Å². The molecule has 2 rings (SSSR count). The summed E-state index contributed by atoms with van der Waals surface area (Å²) in [4.78, 5) is -1.02. The maximum atomic E-state index is 13.0. The average Bonchev–Trinajstić information content (AvgIpc) is 2.81. The summed E-state index contributed by atoms with van der Waals surface area (Å²) in [5.74, 6) is -1.50. The molecule has 9 heteroatoms. The fraction of sp³-hybridized carbons (Fsp3) is 0.538. The lowest BCUT2D eigenvalue weighted by atomic mass is 10.1. The number of hydrogen-bond donors (Lipinski definition) is 2. The molecule has 1 aliphatic carbocycles. The van der Waals surface area contributed by atoms with E-state index in [0.29, 0.717) is 25.0 Å². The minimum atomic E-state index is -4.99. The molecule has 22 heavy (non-hydrogen) atoms. The predicted molar refractivity (Wildman–Crippen MR) is 69.9 cm³/mol. The largest absolute Gasteiger partial charge is 0.417 e. The minimum Gasteiger partial charge on any atom is -0.393 e. The van der Waals surface area contributed by atoms with Crippen LogP contribution in [-0.2, 0) is 16.2 Å². The average molecular weight is 341 g/mol. The Morgan fingerprint density at radius 3 is 2.50 bits per heavy atom. The first-order valence-corrected chi connectivity index (χ1v) is 8.14. The van der Waals surface area contributed by atoms with E-state index in [2.05, 4.69) is 4.72 Å². The maximum absolute atomic E-state index is 13.0. The molecule has 0 radical (unpaired) electrons. The van der Waals surface area contributed by atoms with Crippen LogP contribution in [-0.4, -0.2) is 26.2 Å². The number of rotatable bonds is 4. The molecule has 2 N–H and O–H groups in total. The van der Waals surface area contributed by atoms with E-state index in [0.717, 1.165) is 6.42 Å². The normalized spacial score (nSPS) is 23.0. The van der Waals surface area contributed by atoms with Crippen molar-refractivity contribution in [2.75, 3.05) is 6.54 Å². The summed E-state index contributed by atoms with van der Waals surface area (Å²) in [6, 6.07) is 1.40. The van der Waals surface area contributed by atoms with Gasteiger partial charge in [-0.15, -0.1) is 0 Å². The molecular weight excluding hydrogens is 326 g/mol. The van der Waals surface area contributed by atoms with Gasteiger partial charge < -0.3 is 5.11 Å². The van der Waals surface area contributed by atoms with Crippen molar-refractivity contribution in [3.8, 4) is 0 Å². The van der Waals surface area contributed by atoms with E-state index >= 15 is 0 Å². The van der Waals surface area contributed by atoms with Crippen molar-refractivity contribution in [3.05, 3.63) is 29.6 Å². The number of aliphatic hydroxyl groups excluding tert-OH is 1. The highest BCUT2D eigenvalue weighted by Crippen LogP contribution is 2.34. The van der Waals surface area contributed by atoms with Crippen LogP contribution in [0.4, 0.5) is 17.6 Å². The topological polar surface area (TPSA) is 66.4 Å². The molecule has 2 atom stereocenters. The zero-order valence-corrected chi connectivity index (χ0v) is 12.2. The summed E-state index contributed by atoms with van der Waals surface area (Å²) < 4.78 is 77.8. The Kier molecular flexibility index (Phi) is 4.78. The molecule has 0 amide bonds. The van der Waals surface area contributed by atoms with Crippen LogP contribution in [0, 0.1) is 11.7 Å². The summed E-state index contributed by atoms with van der Waals surface area (Å²) in [6.07, 6.45) is -3.79. The van der Waals surface area contributed by atoms with Crippen molar-refractivity contribution in [1.82, 2.24) is 4.72 Å². The van der Waals surface area contributed by atoms with Gasteiger partial charge in [-0.25, -0.2) is 17.5 Å². The summed E-state index contributed by atoms with van der Waals surface area (Å²) in [5.41, 5.74) is -1.55. The number of aliphatic hydroxyl groups is 1. The lowest BCUT2D eigenvalue weighted by Crippen LogP contribution is -2.33. The van der Waals surface area contributed by atoms with E-state index in [1.165, 1.54) is 0 Å². The number of alkyl halides is 3. The first-order valence-electron chi connectivity index (χ1n) is 6.66. The van der Waals surface area contributed by atoms with E-state index in [4.69, 9.17) is 0 Å². The number of hydrogen-bond acceptors (Lipinski definition) is 3. The van der Waals surface area contributed by atoms with E-state index < -0.39 is 38.6 Å². The molecule has 4 nitrogen and oxygen atoms in total. The Bertz CT molecular complexity index is 645. The van der Waals surface area contributed by atoms with Crippen molar-refractivity contribution in [2.45, 2.75) is 36.4 Å². The van der Waals surface area contributed by atoms with Crippen molar-refractivity contribution in [1.29, 1.82) is 0 Å². The van der Waals surface area contributed by atoms with Crippen LogP contribution in [0.15, 0.2) is 23.1 Å². The number of nitrogens with one attached hydrogen (secondary N) is 1. The molecule has 0 heterocycles. The van der Waals surface area contributed by atoms with Crippen LogP contribution in [0.1, 0.15) is 24.8 Å². The molecule has 0 saturated heterocycles. The third-order valence-electron chi connectivity index (χ3n) is 3.69. The van der Waals surface area contributed by atoms with Crippen LogP contribution in [0.2, 0.25) is 0 Å². The van der Waals surface area contributed by atoms with E-state index in [1.54, 1.807) is 0 Å². The van der Waals surface area contributed by atoms with Crippen molar-refractivity contribution < 1.29 is 31.1 Å². The highest BCUT2D eigenvalue weighted by Gasteiger charge is 2.38. The Morgan fingerprint density at radius 2 is 1.95 bits per heavy atom. The standard InChI is InChI=1S/C13H15F4NO3S/c14-9-4-5-12(10(6-9)13(15,16)17)22(20,21)18-7-8-2-1-3-11(8)19/h4-6,8,11,18-19H,1-3,7H2/t8-,11+/m1/s1. The van der Waals surface area contributed by atoms with Gasteiger partial charge >= 0.3 is 6.18 Å². The zero-order valence-electron chi connectivity index (χ0n) is 11.4. The van der Waals surface area contributed by atoms with Gasteiger partial charge in [-0.05, 0) is 37.0 Å². The number of benzene rings is 1. The maximum Gasteiger partial charge on any atom is 0.417 e. The first kappa shape index (κ1) is 17.2. The molecule has 1 aromatic carbocycles. The molecule has 0 aromatic heterocycles. The Labute approximate surface area is 125 Å². The van der Waals surface area contributed by atoms with Gasteiger partial charge in [0, 0.05) is 6.54 Å². The van der Waals surface area contributed by atoms with Crippen molar-refractivity contribution in [3.63, 3.8) is 0 Å². The molecule has 1 aromatic rings. The van der Waals surface area contributed by atoms with Gasteiger partial charge in [-0.1, -0.05) is 6.42 Å². The monoisotopic (exact) mass is 341 g/mol. The number of sulfonamides is 1. The van der Waals surface area contributed by atoms with E-state index in [-0.39, 0.29) is 18.5 Å². The molecule has 0 unspecified atom stereocenters. The van der Waals surface area contributed by atoms with Crippen LogP contribution in [0.5, 0.6) is 0 Å². The fourth-order valence-corrected chi connectivity index (χ4v) is 3.81. The van der Waals surface area contributed by atoms with E-state index in [1.807, 2.05) is 0 Å². The van der Waals surface area contributed by atoms with Crippen molar-refractivity contribution in [2.24, 2.45) is 5.92 Å². The van der Waals surface area contributed by atoms with Gasteiger partial charge in [-0.2, -0.15) is 13.2 Å². The van der Waals surface area contributed by atoms with Gasteiger partial charge in [-0.3, -0.25) is 0 Å². The summed E-state index contributed by atoms with van der Waals surface area (Å²) in [5, 5.41) is 9.61. The Morgan fingerprint density at radius 1 is 1.27 bits per heavy atom. The molecular formula is C13H15F4NO3S. The van der Waals surface area contributed by atoms with Gasteiger partial charge in [0.05, 0.1) is 16.6 Å². The molecule has 0 spiro atoms. The molecule has 0 aliphatic heterocycles. The van der Waals surface area contributed by atoms with Crippen molar-refractivity contribution >= 4 is 10.0 Å². The van der Waals surface area contributed by atoms with Gasteiger partial charge in [0.2, 0.25) is 10.0 Å². The first-order chi connectivity index (χ1) is 10.1. The fourth-order valence-electron chi connectivity index (χ4n) is 2.51. The third kappa shape index (κ3) is 3.76. The molecule has 1 fully saturated rings. The SMILES string of the molecule is O=S(=O)(NC[C@H]1CCC[C@@H]1O)c1ccc(F)cc1C(F)(F)F. The molecule has 1 aliphatic rings. The third-order valence-corrected chi connectivity index (χ3v) is 5.17. The zero-order chi connectivity index (χ0) is 16.5. The molecule has 124 valence electrons. The highest BCUT2D eigenvalue weighted by molar-refractivity contribution is 7.89. The van der Waals surface area contributed by atoms with Crippen LogP contribution < -0.4 is 4.72 Å². The summed E-state index contributed by atoms with van der Waals surface area (Å²) in [6.45, 7) is -0.155. The predicted octanol–water partition coefficient (Wildman–Crippen LogP) is 2.28. The van der Waals surface area contributed by atoms with Gasteiger partial charge in [0.1, 0.15) is 5.82 Å². The Balaban J connectivity index is 2.26. The smallest absolute Gasteiger partial charge is 0.393 e. The second-order valence-electron chi connectivity index (χ2n) is 5.25. The van der Waals surface area contributed by atoms with Crippen LogP contribution in [0.25, 0.3) is 0 Å². The second-order valence-corrected chi connectivity index (χ2v) is 6.98. The number of halogens is 4. The summed E-state index contributed by atoms with van der Waals surface area (Å²) in [7, 11) is -4.45. The van der Waals surface area contributed by atoms with Crippen LogP contribution in [0.3, 0.4) is 0 Å². The minimum absolute atomic E-state index is 0.152.